The van der Waals surface area contributed by atoms with Gasteiger partial charge in [0, 0.05) is 24.2 Å². The summed E-state index contributed by atoms with van der Waals surface area (Å²) in [6.45, 7) is 0.827. The van der Waals surface area contributed by atoms with Crippen molar-refractivity contribution in [1.82, 2.24) is 4.90 Å². The van der Waals surface area contributed by atoms with Gasteiger partial charge in [-0.05, 0) is 24.0 Å². The number of amides is 2. The van der Waals surface area contributed by atoms with Gasteiger partial charge in [-0.3, -0.25) is 9.59 Å². The van der Waals surface area contributed by atoms with E-state index in [1.807, 2.05) is 36.4 Å². The fourth-order valence-electron chi connectivity index (χ4n) is 3.77. The van der Waals surface area contributed by atoms with Crippen molar-refractivity contribution in [3.05, 3.63) is 59.7 Å². The zero-order valence-electron chi connectivity index (χ0n) is 14.9. The molecule has 0 aromatic heterocycles. The summed E-state index contributed by atoms with van der Waals surface area (Å²) in [5.74, 6) is -0.805. The molecule has 6 nitrogen and oxygen atoms in total. The van der Waals surface area contributed by atoms with Gasteiger partial charge in [0.15, 0.2) is 6.61 Å². The zero-order chi connectivity index (χ0) is 18.8. The summed E-state index contributed by atoms with van der Waals surface area (Å²) >= 11 is 0. The predicted octanol–water partition coefficient (Wildman–Crippen LogP) is 2.16. The Labute approximate surface area is 157 Å². The molecule has 1 aliphatic carbocycles. The lowest BCUT2D eigenvalue weighted by atomic mass is 9.97. The maximum Gasteiger partial charge on any atom is 0.263 e. The summed E-state index contributed by atoms with van der Waals surface area (Å²) < 4.78 is 0. The molecule has 27 heavy (non-hydrogen) atoms. The maximum absolute atomic E-state index is 12.4. The summed E-state index contributed by atoms with van der Waals surface area (Å²) in [4.78, 5) is 30.8. The van der Waals surface area contributed by atoms with E-state index in [-0.39, 0.29) is 24.3 Å². The monoisotopic (exact) mass is 363 g/mol. The molecule has 6 heteroatoms. The molecule has 2 amide bonds. The number of likely N-dealkylation sites (tertiary alicyclic amines) is 1. The first-order valence-corrected chi connectivity index (χ1v) is 9.11. The van der Waals surface area contributed by atoms with Gasteiger partial charge in [0.05, 0.1) is 5.92 Å². The zero-order valence-corrected chi connectivity index (χ0v) is 14.9. The Balaban J connectivity index is 1.47. The highest BCUT2D eigenvalue weighted by molar-refractivity contribution is 6.24. The van der Waals surface area contributed by atoms with E-state index in [9.17, 15) is 9.59 Å². The number of carbonyl (C=O) groups is 2. The average molecular weight is 363 g/mol. The Morgan fingerprint density at radius 2 is 1.63 bits per heavy atom. The molecule has 2 aliphatic rings. The van der Waals surface area contributed by atoms with E-state index < -0.39 is 0 Å². The number of rotatable bonds is 4. The molecule has 1 unspecified atom stereocenters. The third kappa shape index (κ3) is 3.30. The molecule has 0 spiro atoms. The van der Waals surface area contributed by atoms with E-state index in [2.05, 4.69) is 17.3 Å². The van der Waals surface area contributed by atoms with Crippen LogP contribution in [-0.4, -0.2) is 42.1 Å². The molecule has 1 aliphatic heterocycles. The van der Waals surface area contributed by atoms with Gasteiger partial charge in [-0.1, -0.05) is 53.7 Å². The van der Waals surface area contributed by atoms with Gasteiger partial charge in [-0.25, -0.2) is 0 Å². The van der Waals surface area contributed by atoms with Crippen LogP contribution in [-0.2, 0) is 14.4 Å². The van der Waals surface area contributed by atoms with Crippen molar-refractivity contribution in [3.63, 3.8) is 0 Å². The molecule has 1 atom stereocenters. The molecule has 1 heterocycles. The molecule has 1 fully saturated rings. The Morgan fingerprint density at radius 1 is 1.04 bits per heavy atom. The van der Waals surface area contributed by atoms with Gasteiger partial charge in [0.25, 0.3) is 5.91 Å². The minimum Gasteiger partial charge on any atom is -0.385 e. The average Bonchev–Trinajstić information content (AvgIpc) is 3.02. The number of nitrogens with zero attached hydrogens (tertiary/aromatic N) is 2. The number of carbonyl (C=O) groups excluding carboxylic acids is 2. The van der Waals surface area contributed by atoms with Gasteiger partial charge in [0.2, 0.25) is 5.91 Å². The highest BCUT2D eigenvalue weighted by Gasteiger charge is 2.28. The lowest BCUT2D eigenvalue weighted by Gasteiger charge is -2.30. The number of piperidine rings is 1. The van der Waals surface area contributed by atoms with Crippen LogP contribution in [0.15, 0.2) is 53.7 Å². The topological polar surface area (TPSA) is 85.0 Å². The Hall–Kier alpha value is -3.15. The van der Waals surface area contributed by atoms with E-state index in [0.29, 0.717) is 13.1 Å². The van der Waals surface area contributed by atoms with Crippen molar-refractivity contribution in [1.29, 1.82) is 0 Å². The molecule has 2 aromatic rings. The number of hydrogen-bond donors (Lipinski definition) is 1. The van der Waals surface area contributed by atoms with E-state index >= 15 is 0 Å². The van der Waals surface area contributed by atoms with E-state index in [0.717, 1.165) is 40.8 Å². The van der Waals surface area contributed by atoms with Crippen LogP contribution in [0.1, 0.15) is 24.0 Å². The Kier molecular flexibility index (Phi) is 4.62. The second kappa shape index (κ2) is 7.23. The highest BCUT2D eigenvalue weighted by Crippen LogP contribution is 2.36. The number of benzene rings is 2. The molecule has 2 N–H and O–H groups in total. The van der Waals surface area contributed by atoms with Gasteiger partial charge in [0.1, 0.15) is 5.71 Å². The molecule has 4 rings (SSSR count). The molecule has 1 saturated heterocycles. The number of hydrogen-bond acceptors (Lipinski definition) is 4. The first-order valence-electron chi connectivity index (χ1n) is 9.11. The maximum atomic E-state index is 12.4. The number of fused-ring (bicyclic) bond motifs is 3. The third-order valence-corrected chi connectivity index (χ3v) is 5.17. The van der Waals surface area contributed by atoms with Crippen LogP contribution in [0.4, 0.5) is 0 Å². The fourth-order valence-corrected chi connectivity index (χ4v) is 3.77. The van der Waals surface area contributed by atoms with Crippen molar-refractivity contribution >= 4 is 17.5 Å². The lowest BCUT2D eigenvalue weighted by molar-refractivity contribution is -0.139. The first-order chi connectivity index (χ1) is 13.1. The van der Waals surface area contributed by atoms with Crippen molar-refractivity contribution in [2.45, 2.75) is 12.8 Å². The van der Waals surface area contributed by atoms with Gasteiger partial charge in [-0.15, -0.1) is 0 Å². The first kappa shape index (κ1) is 17.3. The quantitative estimate of drug-likeness (QED) is 0.721. The minimum atomic E-state index is -0.354. The van der Waals surface area contributed by atoms with Crippen molar-refractivity contribution in [2.24, 2.45) is 16.8 Å². The second-order valence-corrected chi connectivity index (χ2v) is 6.89. The summed E-state index contributed by atoms with van der Waals surface area (Å²) in [5, 5.41) is 4.27. The van der Waals surface area contributed by atoms with Crippen molar-refractivity contribution < 1.29 is 14.4 Å². The highest BCUT2D eigenvalue weighted by atomic mass is 16.6. The molecule has 138 valence electrons. The standard InChI is InChI=1S/C21H21N3O3/c22-21(26)14-6-5-11-24(12-14)19(25)13-27-23-20-17-9-3-1-7-15(17)16-8-2-4-10-18(16)20/h1-4,7-10,14H,5-6,11-13H2,(H2,22,26). The summed E-state index contributed by atoms with van der Waals surface area (Å²) in [5.41, 5.74) is 10.3. The summed E-state index contributed by atoms with van der Waals surface area (Å²) in [6, 6.07) is 16.0. The smallest absolute Gasteiger partial charge is 0.263 e. The third-order valence-electron chi connectivity index (χ3n) is 5.17. The molecular formula is C21H21N3O3. The van der Waals surface area contributed by atoms with Crippen LogP contribution >= 0.6 is 0 Å². The number of oxime groups is 1. The minimum absolute atomic E-state index is 0.153. The largest absolute Gasteiger partial charge is 0.385 e. The molecule has 0 radical (unpaired) electrons. The molecule has 0 saturated carbocycles. The van der Waals surface area contributed by atoms with Crippen LogP contribution in [0.5, 0.6) is 0 Å². The van der Waals surface area contributed by atoms with Gasteiger partial charge < -0.3 is 15.5 Å². The SMILES string of the molecule is NC(=O)C1CCCN(C(=O)CON=C2c3ccccc3-c3ccccc32)C1. The van der Waals surface area contributed by atoms with Crippen LogP contribution in [0.3, 0.4) is 0 Å². The Morgan fingerprint density at radius 3 is 2.22 bits per heavy atom. The summed E-state index contributed by atoms with van der Waals surface area (Å²) in [6.07, 6.45) is 1.50. The van der Waals surface area contributed by atoms with E-state index in [4.69, 9.17) is 10.6 Å². The van der Waals surface area contributed by atoms with Crippen molar-refractivity contribution in [2.75, 3.05) is 19.7 Å². The van der Waals surface area contributed by atoms with Crippen LogP contribution in [0.25, 0.3) is 11.1 Å². The van der Waals surface area contributed by atoms with Crippen LogP contribution in [0, 0.1) is 5.92 Å². The lowest BCUT2D eigenvalue weighted by Crippen LogP contribution is -2.45. The molecule has 0 bridgehead atoms. The van der Waals surface area contributed by atoms with E-state index in [1.165, 1.54) is 0 Å². The van der Waals surface area contributed by atoms with E-state index in [1.54, 1.807) is 4.90 Å². The second-order valence-electron chi connectivity index (χ2n) is 6.89. The number of nitrogens with two attached hydrogens (primary N) is 1. The number of primary amides is 1. The van der Waals surface area contributed by atoms with Crippen molar-refractivity contribution in [3.8, 4) is 11.1 Å². The molecule has 2 aromatic carbocycles. The predicted molar refractivity (Wildman–Crippen MR) is 102 cm³/mol. The van der Waals surface area contributed by atoms with Crippen LogP contribution < -0.4 is 5.73 Å². The Bertz CT molecular complexity index is 875. The van der Waals surface area contributed by atoms with Gasteiger partial charge in [-0.2, -0.15) is 0 Å². The normalized spacial score (nSPS) is 17.9. The fraction of sp³-hybridized carbons (Fsp3) is 0.286. The van der Waals surface area contributed by atoms with Crippen LogP contribution in [0.2, 0.25) is 0 Å². The van der Waals surface area contributed by atoms with Gasteiger partial charge >= 0.3 is 0 Å². The molecular weight excluding hydrogens is 342 g/mol. The summed E-state index contributed by atoms with van der Waals surface area (Å²) in [7, 11) is 0.